The maximum Gasteiger partial charge on any atom is 0.0816 e. The topological polar surface area (TPSA) is 12.9 Å². The fraction of sp³-hybridized carbons (Fsp3) is 0.222. The smallest absolute Gasteiger partial charge is 0.0816 e. The first-order valence-corrected chi connectivity index (χ1v) is 5.07. The van der Waals surface area contributed by atoms with E-state index in [9.17, 15) is 0 Å². The van der Waals surface area contributed by atoms with Gasteiger partial charge in [0.2, 0.25) is 0 Å². The summed E-state index contributed by atoms with van der Waals surface area (Å²) in [5.74, 6) is 0.491. The summed E-state index contributed by atoms with van der Waals surface area (Å²) in [5.41, 5.74) is 2.01. The lowest BCUT2D eigenvalue weighted by Gasteiger charge is -1.92. The summed E-state index contributed by atoms with van der Waals surface area (Å²) in [6.45, 7) is 2.09. The highest BCUT2D eigenvalue weighted by atomic mass is 35.5. The Hall–Kier alpha value is -0.600. The number of fused-ring (bicyclic) bond motifs is 1. The van der Waals surface area contributed by atoms with E-state index in [-0.39, 0.29) is 0 Å². The van der Waals surface area contributed by atoms with Gasteiger partial charge in [0.1, 0.15) is 0 Å². The first-order chi connectivity index (χ1) is 5.79. The minimum Gasteiger partial charge on any atom is -0.251 e. The molecule has 2 heterocycles. The molecule has 1 nitrogen and oxygen atoms in total. The zero-order valence-electron chi connectivity index (χ0n) is 6.67. The van der Waals surface area contributed by atoms with E-state index in [1.165, 1.54) is 9.58 Å². The average molecular weight is 198 g/mol. The van der Waals surface area contributed by atoms with Crippen molar-refractivity contribution in [2.45, 2.75) is 12.8 Å². The average Bonchev–Trinajstić information content (AvgIpc) is 2.43. The fourth-order valence-electron chi connectivity index (χ4n) is 1.16. The quantitative estimate of drug-likeness (QED) is 0.639. The van der Waals surface area contributed by atoms with E-state index in [1.54, 1.807) is 11.3 Å². The van der Waals surface area contributed by atoms with Crippen LogP contribution in [-0.4, -0.2) is 4.98 Å². The van der Waals surface area contributed by atoms with Crippen LogP contribution in [0.4, 0.5) is 0 Å². The molecule has 2 aromatic rings. The molecule has 2 rings (SSSR count). The number of thiophene rings is 1. The van der Waals surface area contributed by atoms with Crippen molar-refractivity contribution in [3.05, 3.63) is 28.8 Å². The zero-order valence-corrected chi connectivity index (χ0v) is 8.25. The molecule has 0 aliphatic carbocycles. The number of aromatic nitrogens is 1. The normalized spacial score (nSPS) is 10.8. The van der Waals surface area contributed by atoms with Crippen molar-refractivity contribution in [2.75, 3.05) is 0 Å². The van der Waals surface area contributed by atoms with Crippen LogP contribution in [0, 0.1) is 6.92 Å². The molecule has 0 aliphatic heterocycles. The molecule has 0 spiro atoms. The summed E-state index contributed by atoms with van der Waals surface area (Å²) >= 11 is 7.44. The van der Waals surface area contributed by atoms with Crippen LogP contribution in [0.15, 0.2) is 18.2 Å². The van der Waals surface area contributed by atoms with Crippen molar-refractivity contribution in [2.24, 2.45) is 0 Å². The second-order valence-corrected chi connectivity index (χ2v) is 4.23. The van der Waals surface area contributed by atoms with Crippen molar-refractivity contribution in [3.63, 3.8) is 0 Å². The Balaban J connectivity index is 2.66. The van der Waals surface area contributed by atoms with E-state index in [0.29, 0.717) is 5.88 Å². The Bertz CT molecular complexity index is 408. The second-order valence-electron chi connectivity index (χ2n) is 2.68. The molecule has 0 saturated heterocycles. The number of rotatable bonds is 1. The Morgan fingerprint density at radius 2 is 2.33 bits per heavy atom. The van der Waals surface area contributed by atoms with Crippen LogP contribution in [0.3, 0.4) is 0 Å². The van der Waals surface area contributed by atoms with Gasteiger partial charge in [-0.15, -0.1) is 22.9 Å². The van der Waals surface area contributed by atoms with Gasteiger partial charge in [0.15, 0.2) is 0 Å². The summed E-state index contributed by atoms with van der Waals surface area (Å²) in [4.78, 5) is 5.69. The Morgan fingerprint density at radius 3 is 3.08 bits per heavy atom. The van der Waals surface area contributed by atoms with E-state index in [2.05, 4.69) is 24.0 Å². The fourth-order valence-corrected chi connectivity index (χ4v) is 2.18. The first-order valence-electron chi connectivity index (χ1n) is 3.71. The van der Waals surface area contributed by atoms with Gasteiger partial charge in [-0.3, -0.25) is 4.98 Å². The third-order valence-corrected chi connectivity index (χ3v) is 2.97. The van der Waals surface area contributed by atoms with Crippen molar-refractivity contribution >= 4 is 33.2 Å². The minimum atomic E-state index is 0.491. The molecule has 0 N–H and O–H groups in total. The lowest BCUT2D eigenvalue weighted by molar-refractivity contribution is 1.22. The van der Waals surface area contributed by atoms with Gasteiger partial charge in [0.05, 0.1) is 21.8 Å². The Labute approximate surface area is 80.0 Å². The molecule has 2 aromatic heterocycles. The van der Waals surface area contributed by atoms with Gasteiger partial charge in [-0.1, -0.05) is 0 Å². The lowest BCUT2D eigenvalue weighted by Crippen LogP contribution is -1.82. The Kier molecular flexibility index (Phi) is 2.03. The van der Waals surface area contributed by atoms with Crippen LogP contribution >= 0.6 is 22.9 Å². The van der Waals surface area contributed by atoms with Gasteiger partial charge >= 0.3 is 0 Å². The largest absolute Gasteiger partial charge is 0.251 e. The number of nitrogens with zero attached hydrogens (tertiary/aromatic N) is 1. The van der Waals surface area contributed by atoms with Crippen LogP contribution in [0.2, 0.25) is 0 Å². The van der Waals surface area contributed by atoms with Crippen LogP contribution in [0.25, 0.3) is 10.2 Å². The summed E-state index contributed by atoms with van der Waals surface area (Å²) in [6, 6.07) is 6.15. The molecule has 3 heteroatoms. The molecule has 0 saturated carbocycles. The van der Waals surface area contributed by atoms with Gasteiger partial charge in [-0.25, -0.2) is 0 Å². The molecule has 0 aromatic carbocycles. The number of aryl methyl sites for hydroxylation is 1. The maximum absolute atomic E-state index is 5.68. The lowest BCUT2D eigenvalue weighted by atomic mass is 10.3. The highest BCUT2D eigenvalue weighted by molar-refractivity contribution is 7.18. The van der Waals surface area contributed by atoms with Gasteiger partial charge in [-0.05, 0) is 25.1 Å². The Morgan fingerprint density at radius 1 is 1.50 bits per heavy atom. The predicted octanol–water partition coefficient (Wildman–Crippen LogP) is 3.34. The number of hydrogen-bond acceptors (Lipinski definition) is 2. The van der Waals surface area contributed by atoms with Gasteiger partial charge in [-0.2, -0.15) is 0 Å². The third-order valence-electron chi connectivity index (χ3n) is 1.69. The van der Waals surface area contributed by atoms with Crippen LogP contribution in [0.1, 0.15) is 10.6 Å². The molecule has 12 heavy (non-hydrogen) atoms. The standard InChI is InChI=1S/C9H8ClNS/c1-6-4-8-9(12-6)3-2-7(5-10)11-8/h2-4H,5H2,1H3. The molecule has 0 amide bonds. The number of pyridine rings is 1. The maximum atomic E-state index is 5.68. The summed E-state index contributed by atoms with van der Waals surface area (Å²) in [6.07, 6.45) is 0. The molecule has 62 valence electrons. The molecule has 0 bridgehead atoms. The molecule has 0 unspecified atom stereocenters. The van der Waals surface area contributed by atoms with Crippen LogP contribution < -0.4 is 0 Å². The highest BCUT2D eigenvalue weighted by Gasteiger charge is 2.00. The zero-order chi connectivity index (χ0) is 8.55. The van der Waals surface area contributed by atoms with Crippen molar-refractivity contribution in [3.8, 4) is 0 Å². The van der Waals surface area contributed by atoms with Gasteiger partial charge in [0, 0.05) is 4.88 Å². The van der Waals surface area contributed by atoms with Crippen LogP contribution in [0.5, 0.6) is 0 Å². The SMILES string of the molecule is Cc1cc2nc(CCl)ccc2s1. The molecular weight excluding hydrogens is 190 g/mol. The van der Waals surface area contributed by atoms with Crippen molar-refractivity contribution in [1.82, 2.24) is 4.98 Å². The highest BCUT2D eigenvalue weighted by Crippen LogP contribution is 2.23. The van der Waals surface area contributed by atoms with Crippen LogP contribution in [-0.2, 0) is 5.88 Å². The van der Waals surface area contributed by atoms with Crippen molar-refractivity contribution in [1.29, 1.82) is 0 Å². The third kappa shape index (κ3) is 1.32. The van der Waals surface area contributed by atoms with E-state index in [1.807, 2.05) is 6.07 Å². The van der Waals surface area contributed by atoms with Gasteiger partial charge in [0.25, 0.3) is 0 Å². The second kappa shape index (κ2) is 3.04. The first kappa shape index (κ1) is 8.02. The van der Waals surface area contributed by atoms with E-state index < -0.39 is 0 Å². The molecule has 0 aliphatic rings. The monoisotopic (exact) mass is 197 g/mol. The van der Waals surface area contributed by atoms with E-state index >= 15 is 0 Å². The summed E-state index contributed by atoms with van der Waals surface area (Å²) in [5, 5.41) is 0. The summed E-state index contributed by atoms with van der Waals surface area (Å²) < 4.78 is 1.24. The predicted molar refractivity (Wildman–Crippen MR) is 53.9 cm³/mol. The molecule has 0 fully saturated rings. The molecule has 0 atom stereocenters. The minimum absolute atomic E-state index is 0.491. The van der Waals surface area contributed by atoms with Gasteiger partial charge < -0.3 is 0 Å². The summed E-state index contributed by atoms with van der Waals surface area (Å²) in [7, 11) is 0. The number of halogens is 1. The van der Waals surface area contributed by atoms with E-state index in [0.717, 1.165) is 11.2 Å². The van der Waals surface area contributed by atoms with Crippen molar-refractivity contribution < 1.29 is 0 Å². The number of alkyl halides is 1. The molecular formula is C9H8ClNS. The van der Waals surface area contributed by atoms with E-state index in [4.69, 9.17) is 11.6 Å². The molecule has 0 radical (unpaired) electrons. The number of hydrogen-bond donors (Lipinski definition) is 0.